The van der Waals surface area contributed by atoms with Gasteiger partial charge in [-0.3, -0.25) is 0 Å². The molecule has 0 aliphatic carbocycles. The zero-order valence-corrected chi connectivity index (χ0v) is 4.81. The fourth-order valence-electron chi connectivity index (χ4n) is 0.543. The van der Waals surface area contributed by atoms with Crippen LogP contribution in [-0.4, -0.2) is 12.6 Å². The number of halogens is 2. The van der Waals surface area contributed by atoms with Crippen molar-refractivity contribution in [1.82, 2.24) is 5.43 Å². The lowest BCUT2D eigenvalue weighted by Crippen LogP contribution is -1.98. The molecule has 9 heavy (non-hydrogen) atoms. The highest BCUT2D eigenvalue weighted by Gasteiger charge is 2.16. The Labute approximate surface area is 51.2 Å². The van der Waals surface area contributed by atoms with E-state index < -0.39 is 6.43 Å². The molecule has 0 bridgehead atoms. The third kappa shape index (κ3) is 1.06. The average molecular weight is 131 g/mol. The Morgan fingerprint density at radius 1 is 1.56 bits per heavy atom. The molecule has 1 aliphatic rings. The van der Waals surface area contributed by atoms with E-state index in [9.17, 15) is 8.78 Å². The van der Waals surface area contributed by atoms with Gasteiger partial charge in [-0.25, -0.2) is 8.78 Å². The molecule has 1 aliphatic heterocycles. The van der Waals surface area contributed by atoms with Crippen LogP contribution in [-0.2, 0) is 0 Å². The molecule has 0 fully saturated rings. The Hall–Kier alpha value is -0.930. The molecule has 1 heterocycles. The maximum atomic E-state index is 11.8. The Balaban J connectivity index is 2.77. The molecular formula is C5H5F2N2. The van der Waals surface area contributed by atoms with Crippen LogP contribution in [0.3, 0.4) is 0 Å². The van der Waals surface area contributed by atoms with Crippen molar-refractivity contribution in [3.8, 4) is 0 Å². The van der Waals surface area contributed by atoms with Crippen LogP contribution in [0.2, 0.25) is 0 Å². The van der Waals surface area contributed by atoms with E-state index in [0.29, 0.717) is 5.70 Å². The van der Waals surface area contributed by atoms with E-state index in [1.54, 1.807) is 0 Å². The molecule has 0 amide bonds. The molecule has 0 atom stereocenters. The molecule has 1 rings (SSSR count). The van der Waals surface area contributed by atoms with E-state index >= 15 is 0 Å². The summed E-state index contributed by atoms with van der Waals surface area (Å²) in [4.78, 5) is 0. The summed E-state index contributed by atoms with van der Waals surface area (Å²) in [7, 11) is 0. The normalized spacial score (nSPS) is 17.3. The van der Waals surface area contributed by atoms with Gasteiger partial charge in [0.25, 0.3) is 6.43 Å². The first-order valence-electron chi connectivity index (χ1n) is 2.45. The maximum absolute atomic E-state index is 11.8. The number of allylic oxidation sites excluding steroid dienone is 2. The van der Waals surface area contributed by atoms with Gasteiger partial charge in [-0.05, 0) is 6.92 Å². The second-order valence-electron chi connectivity index (χ2n) is 1.69. The molecule has 2 nitrogen and oxygen atoms in total. The van der Waals surface area contributed by atoms with Crippen molar-refractivity contribution >= 4 is 6.21 Å². The van der Waals surface area contributed by atoms with Crippen LogP contribution in [0.1, 0.15) is 6.92 Å². The van der Waals surface area contributed by atoms with Crippen molar-refractivity contribution in [3.63, 3.8) is 0 Å². The van der Waals surface area contributed by atoms with Crippen LogP contribution in [0.15, 0.2) is 16.4 Å². The van der Waals surface area contributed by atoms with Gasteiger partial charge in [-0.15, -0.1) is 0 Å². The third-order valence-corrected chi connectivity index (χ3v) is 1.06. The number of hydrogen-bond acceptors (Lipinski definition) is 1. The van der Waals surface area contributed by atoms with Crippen LogP contribution in [0.4, 0.5) is 8.78 Å². The minimum atomic E-state index is -2.44. The average Bonchev–Trinajstić information content (AvgIpc) is 2.13. The van der Waals surface area contributed by atoms with Gasteiger partial charge in [0.05, 0.1) is 17.5 Å². The van der Waals surface area contributed by atoms with Gasteiger partial charge >= 0.3 is 0 Å². The Morgan fingerprint density at radius 2 is 2.22 bits per heavy atom. The first-order valence-corrected chi connectivity index (χ1v) is 2.45. The second-order valence-corrected chi connectivity index (χ2v) is 1.69. The van der Waals surface area contributed by atoms with E-state index in [4.69, 9.17) is 0 Å². The maximum Gasteiger partial charge on any atom is 0.267 e. The van der Waals surface area contributed by atoms with Crippen molar-refractivity contribution in [3.05, 3.63) is 11.3 Å². The topological polar surface area (TPSA) is 26.5 Å². The quantitative estimate of drug-likeness (QED) is 0.510. The number of rotatable bonds is 1. The first kappa shape index (κ1) is 6.19. The van der Waals surface area contributed by atoms with Crippen molar-refractivity contribution in [1.29, 1.82) is 0 Å². The highest BCUT2D eigenvalue weighted by atomic mass is 19.3. The van der Waals surface area contributed by atoms with Gasteiger partial charge in [0, 0.05) is 0 Å². The summed E-state index contributed by atoms with van der Waals surface area (Å²) in [6.07, 6.45) is -1.36. The predicted molar refractivity (Wildman–Crippen MR) is 29.3 cm³/mol. The summed E-state index contributed by atoms with van der Waals surface area (Å²) >= 11 is 0. The van der Waals surface area contributed by atoms with Crippen LogP contribution >= 0.6 is 0 Å². The molecule has 0 N–H and O–H groups in total. The molecule has 0 aromatic rings. The number of nitrogens with zero attached hydrogens (tertiary/aromatic N) is 2. The second kappa shape index (κ2) is 2.13. The van der Waals surface area contributed by atoms with Gasteiger partial charge in [-0.2, -0.15) is 10.5 Å². The molecule has 49 valence electrons. The summed E-state index contributed by atoms with van der Waals surface area (Å²) in [5.74, 6) is 0. The van der Waals surface area contributed by atoms with Gasteiger partial charge in [0.1, 0.15) is 0 Å². The zero-order chi connectivity index (χ0) is 6.85. The van der Waals surface area contributed by atoms with Crippen molar-refractivity contribution in [2.24, 2.45) is 5.10 Å². The van der Waals surface area contributed by atoms with Crippen molar-refractivity contribution < 1.29 is 8.78 Å². The smallest absolute Gasteiger partial charge is 0.205 e. The summed E-state index contributed by atoms with van der Waals surface area (Å²) < 4.78 is 23.6. The monoisotopic (exact) mass is 131 g/mol. The zero-order valence-electron chi connectivity index (χ0n) is 4.81. The minimum Gasteiger partial charge on any atom is -0.205 e. The largest absolute Gasteiger partial charge is 0.267 e. The molecule has 0 aromatic heterocycles. The highest BCUT2D eigenvalue weighted by molar-refractivity contribution is 5.82. The highest BCUT2D eigenvalue weighted by Crippen LogP contribution is 2.13. The molecule has 4 heteroatoms. The summed E-state index contributed by atoms with van der Waals surface area (Å²) in [6, 6.07) is 0. The fraction of sp³-hybridized carbons (Fsp3) is 0.400. The Bertz CT molecular complexity index is 172. The lowest BCUT2D eigenvalue weighted by Gasteiger charge is -1.94. The molecule has 0 spiro atoms. The van der Waals surface area contributed by atoms with Gasteiger partial charge < -0.3 is 0 Å². The van der Waals surface area contributed by atoms with Crippen molar-refractivity contribution in [2.75, 3.05) is 0 Å². The third-order valence-electron chi connectivity index (χ3n) is 1.06. The van der Waals surface area contributed by atoms with Gasteiger partial charge in [0.2, 0.25) is 0 Å². The molecule has 0 unspecified atom stereocenters. The van der Waals surface area contributed by atoms with Crippen LogP contribution in [0.25, 0.3) is 0 Å². The molecule has 0 aromatic carbocycles. The van der Waals surface area contributed by atoms with Crippen LogP contribution in [0, 0.1) is 0 Å². The molecule has 0 saturated heterocycles. The lowest BCUT2D eigenvalue weighted by molar-refractivity contribution is 0.196. The van der Waals surface area contributed by atoms with E-state index in [1.165, 1.54) is 6.92 Å². The van der Waals surface area contributed by atoms with Crippen LogP contribution < -0.4 is 5.43 Å². The van der Waals surface area contributed by atoms with Crippen molar-refractivity contribution in [2.45, 2.75) is 13.3 Å². The summed E-state index contributed by atoms with van der Waals surface area (Å²) in [5, 5.41) is 3.31. The van der Waals surface area contributed by atoms with E-state index in [-0.39, 0.29) is 5.57 Å². The number of alkyl halides is 2. The standard InChI is InChI=1S/C5H5F2N2/c1-3-4(5(6)7)2-8-9-3/h2,5H,1H3. The summed E-state index contributed by atoms with van der Waals surface area (Å²) in [5.41, 5.74) is 3.64. The first-order chi connectivity index (χ1) is 4.22. The lowest BCUT2D eigenvalue weighted by atomic mass is 10.2. The Morgan fingerprint density at radius 3 is 2.44 bits per heavy atom. The van der Waals surface area contributed by atoms with E-state index in [1.807, 2.05) is 0 Å². The van der Waals surface area contributed by atoms with Gasteiger partial charge in [-0.1, -0.05) is 0 Å². The minimum absolute atomic E-state index is 0.0741. The van der Waals surface area contributed by atoms with E-state index in [0.717, 1.165) is 6.21 Å². The van der Waals surface area contributed by atoms with Gasteiger partial charge in [0.15, 0.2) is 0 Å². The summed E-state index contributed by atoms with van der Waals surface area (Å²) in [6.45, 7) is 1.51. The van der Waals surface area contributed by atoms with E-state index in [2.05, 4.69) is 10.5 Å². The molecular weight excluding hydrogens is 126 g/mol. The molecule has 1 radical (unpaired) electrons. The fourth-order valence-corrected chi connectivity index (χ4v) is 0.543. The Kier molecular flexibility index (Phi) is 1.46. The predicted octanol–water partition coefficient (Wildman–Crippen LogP) is 1.13. The molecule has 0 saturated carbocycles. The SMILES string of the molecule is CC1=C(C(F)F)C=N[N]1. The number of hydrogen-bond donors (Lipinski definition) is 0. The van der Waals surface area contributed by atoms with Crippen LogP contribution in [0.5, 0.6) is 0 Å².